The quantitative estimate of drug-likeness (QED) is 0.350. The van der Waals surface area contributed by atoms with Crippen LogP contribution < -0.4 is 16.0 Å². The molecular formula is C25H26ClN5O4. The molecule has 2 aromatic heterocycles. The van der Waals surface area contributed by atoms with E-state index in [-0.39, 0.29) is 28.9 Å². The Balaban J connectivity index is 1.48. The number of halogens is 1. The van der Waals surface area contributed by atoms with Gasteiger partial charge >= 0.3 is 5.69 Å². The van der Waals surface area contributed by atoms with Crippen LogP contribution in [-0.2, 0) is 38.6 Å². The van der Waals surface area contributed by atoms with Gasteiger partial charge in [0.15, 0.2) is 11.2 Å². The Morgan fingerprint density at radius 3 is 2.34 bits per heavy atom. The summed E-state index contributed by atoms with van der Waals surface area (Å²) in [6, 6.07) is 17.5. The summed E-state index contributed by atoms with van der Waals surface area (Å²) in [4.78, 5) is 43.8. The normalized spacial score (nSPS) is 11.1. The number of ether oxygens (including phenoxy) is 1. The van der Waals surface area contributed by atoms with Crippen LogP contribution in [0.15, 0.2) is 64.2 Å². The summed E-state index contributed by atoms with van der Waals surface area (Å²) >= 11 is 6.26. The van der Waals surface area contributed by atoms with Crippen molar-refractivity contribution in [3.8, 4) is 5.75 Å². The van der Waals surface area contributed by atoms with E-state index >= 15 is 0 Å². The highest BCUT2D eigenvalue weighted by molar-refractivity contribution is 6.29. The molecule has 0 bridgehead atoms. The number of likely N-dealkylation sites (N-methyl/N-ethyl adjacent to an activating group) is 1. The van der Waals surface area contributed by atoms with Crippen molar-refractivity contribution in [2.45, 2.75) is 26.6 Å². The van der Waals surface area contributed by atoms with Gasteiger partial charge in [-0.15, -0.1) is 0 Å². The number of imidazole rings is 1. The Labute approximate surface area is 206 Å². The van der Waals surface area contributed by atoms with E-state index in [4.69, 9.17) is 16.3 Å². The number of aromatic nitrogens is 4. The Morgan fingerprint density at radius 1 is 1.00 bits per heavy atom. The van der Waals surface area contributed by atoms with E-state index in [1.807, 2.05) is 61.5 Å². The van der Waals surface area contributed by atoms with Gasteiger partial charge in [-0.2, -0.15) is 4.98 Å². The Bertz CT molecular complexity index is 1470. The van der Waals surface area contributed by atoms with Crippen LogP contribution in [-0.4, -0.2) is 36.0 Å². The second-order valence-electron chi connectivity index (χ2n) is 8.17. The molecule has 0 radical (unpaired) electrons. The zero-order valence-corrected chi connectivity index (χ0v) is 20.5. The van der Waals surface area contributed by atoms with Crippen molar-refractivity contribution in [3.63, 3.8) is 0 Å². The van der Waals surface area contributed by atoms with E-state index in [0.717, 1.165) is 21.4 Å². The fraction of sp³-hybridized carbons (Fsp3) is 0.280. The summed E-state index contributed by atoms with van der Waals surface area (Å²) in [5.41, 5.74) is 1.21. The second-order valence-corrected chi connectivity index (χ2v) is 8.51. The third-order valence-corrected chi connectivity index (χ3v) is 6.16. The summed E-state index contributed by atoms with van der Waals surface area (Å²) in [6.07, 6.45) is 0. The Kier molecular flexibility index (Phi) is 7.07. The molecule has 0 spiro atoms. The van der Waals surface area contributed by atoms with Gasteiger partial charge in [0.2, 0.25) is 11.2 Å². The lowest BCUT2D eigenvalue weighted by Crippen LogP contribution is -2.38. The van der Waals surface area contributed by atoms with Crippen molar-refractivity contribution in [1.29, 1.82) is 0 Å². The van der Waals surface area contributed by atoms with E-state index in [0.29, 0.717) is 19.7 Å². The molecule has 2 aromatic carbocycles. The predicted molar refractivity (Wildman–Crippen MR) is 134 cm³/mol. The first-order chi connectivity index (χ1) is 16.8. The highest BCUT2D eigenvalue weighted by Gasteiger charge is 2.22. The largest absolute Gasteiger partial charge is 0.489 e. The number of fused-ring (bicyclic) bond motifs is 1. The SMILES string of the molecule is CCN(Cc1ccc(OCc2ccccc2)cc1)C(=O)Cn1c(Cl)nc2c1c(=O)n(C)c(=O)n2C. The van der Waals surface area contributed by atoms with Gasteiger partial charge < -0.3 is 9.64 Å². The topological polar surface area (TPSA) is 91.4 Å². The Morgan fingerprint density at radius 2 is 1.69 bits per heavy atom. The fourth-order valence-electron chi connectivity index (χ4n) is 3.83. The Hall–Kier alpha value is -3.85. The first kappa shape index (κ1) is 24.3. The lowest BCUT2D eigenvalue weighted by atomic mass is 10.2. The molecule has 0 fully saturated rings. The van der Waals surface area contributed by atoms with Crippen LogP contribution in [0.1, 0.15) is 18.1 Å². The third-order valence-electron chi connectivity index (χ3n) is 5.87. The minimum Gasteiger partial charge on any atom is -0.489 e. The number of aryl methyl sites for hydroxylation is 1. The van der Waals surface area contributed by atoms with Crippen molar-refractivity contribution in [1.82, 2.24) is 23.6 Å². The highest BCUT2D eigenvalue weighted by atomic mass is 35.5. The van der Waals surface area contributed by atoms with Gasteiger partial charge in [-0.05, 0) is 41.8 Å². The van der Waals surface area contributed by atoms with E-state index < -0.39 is 11.2 Å². The number of carbonyl (C=O) groups is 1. The fourth-order valence-corrected chi connectivity index (χ4v) is 4.05. The number of benzene rings is 2. The van der Waals surface area contributed by atoms with Crippen LogP contribution in [0.3, 0.4) is 0 Å². The summed E-state index contributed by atoms with van der Waals surface area (Å²) in [5, 5.41) is -0.0254. The van der Waals surface area contributed by atoms with E-state index in [1.54, 1.807) is 4.90 Å². The standard InChI is InChI=1S/C25H26ClN5O4/c1-4-30(14-17-10-12-19(13-11-17)35-16-18-8-6-5-7-9-18)20(32)15-31-21-22(27-24(31)26)28(2)25(34)29(3)23(21)33/h5-13H,4,14-16H2,1-3H3. The molecule has 0 N–H and O–H groups in total. The molecule has 0 aliphatic rings. The molecule has 0 aliphatic carbocycles. The number of hydrogen-bond donors (Lipinski definition) is 0. The third kappa shape index (κ3) is 5.00. The summed E-state index contributed by atoms with van der Waals surface area (Å²) in [5.74, 6) is 0.513. The van der Waals surface area contributed by atoms with Crippen LogP contribution >= 0.6 is 11.6 Å². The first-order valence-electron chi connectivity index (χ1n) is 11.1. The van der Waals surface area contributed by atoms with Crippen molar-refractivity contribution in [2.24, 2.45) is 14.1 Å². The number of nitrogens with zero attached hydrogens (tertiary/aromatic N) is 5. The molecule has 0 atom stereocenters. The molecule has 0 saturated carbocycles. The lowest BCUT2D eigenvalue weighted by molar-refractivity contribution is -0.132. The van der Waals surface area contributed by atoms with Gasteiger partial charge in [-0.25, -0.2) is 4.79 Å². The average molecular weight is 496 g/mol. The number of rotatable bonds is 8. The molecule has 1 amide bonds. The van der Waals surface area contributed by atoms with Gasteiger partial charge in [-0.3, -0.25) is 23.3 Å². The van der Waals surface area contributed by atoms with Crippen molar-refractivity contribution in [3.05, 3.63) is 91.8 Å². The summed E-state index contributed by atoms with van der Waals surface area (Å²) < 4.78 is 9.39. The van der Waals surface area contributed by atoms with Crippen LogP contribution in [0.25, 0.3) is 11.2 Å². The highest BCUT2D eigenvalue weighted by Crippen LogP contribution is 2.18. The van der Waals surface area contributed by atoms with E-state index in [2.05, 4.69) is 4.98 Å². The zero-order chi connectivity index (χ0) is 25.1. The average Bonchev–Trinajstić information content (AvgIpc) is 3.20. The zero-order valence-electron chi connectivity index (χ0n) is 19.8. The molecule has 182 valence electrons. The van der Waals surface area contributed by atoms with Crippen LogP contribution in [0.2, 0.25) is 5.28 Å². The van der Waals surface area contributed by atoms with Crippen LogP contribution in [0, 0.1) is 0 Å². The first-order valence-corrected chi connectivity index (χ1v) is 11.5. The van der Waals surface area contributed by atoms with Crippen molar-refractivity contribution < 1.29 is 9.53 Å². The number of amides is 1. The molecule has 9 nitrogen and oxygen atoms in total. The lowest BCUT2D eigenvalue weighted by Gasteiger charge is -2.22. The van der Waals surface area contributed by atoms with Crippen LogP contribution in [0.5, 0.6) is 5.75 Å². The van der Waals surface area contributed by atoms with Crippen molar-refractivity contribution >= 4 is 28.7 Å². The predicted octanol–water partition coefficient (Wildman–Crippen LogP) is 2.71. The smallest absolute Gasteiger partial charge is 0.332 e. The molecule has 4 aromatic rings. The maximum absolute atomic E-state index is 13.1. The van der Waals surface area contributed by atoms with Gasteiger partial charge in [0.25, 0.3) is 5.56 Å². The maximum Gasteiger partial charge on any atom is 0.332 e. The molecule has 35 heavy (non-hydrogen) atoms. The minimum atomic E-state index is -0.551. The van der Waals surface area contributed by atoms with E-state index in [1.165, 1.54) is 23.2 Å². The number of hydrogen-bond acceptors (Lipinski definition) is 5. The maximum atomic E-state index is 13.1. The molecule has 10 heteroatoms. The van der Waals surface area contributed by atoms with E-state index in [9.17, 15) is 14.4 Å². The molecule has 0 unspecified atom stereocenters. The minimum absolute atomic E-state index is 0.0254. The number of carbonyl (C=O) groups excluding carboxylic acids is 1. The molecule has 0 aliphatic heterocycles. The van der Waals surface area contributed by atoms with Gasteiger partial charge in [0.05, 0.1) is 0 Å². The molecule has 2 heterocycles. The van der Waals surface area contributed by atoms with Crippen molar-refractivity contribution in [2.75, 3.05) is 6.54 Å². The summed E-state index contributed by atoms with van der Waals surface area (Å²) in [6.45, 7) is 3.03. The monoisotopic (exact) mass is 495 g/mol. The van der Waals surface area contributed by atoms with Gasteiger partial charge in [-0.1, -0.05) is 42.5 Å². The second kappa shape index (κ2) is 10.2. The van der Waals surface area contributed by atoms with Gasteiger partial charge in [0, 0.05) is 27.2 Å². The molecule has 0 saturated heterocycles. The molecule has 4 rings (SSSR count). The van der Waals surface area contributed by atoms with Crippen LogP contribution in [0.4, 0.5) is 0 Å². The molecular weight excluding hydrogens is 470 g/mol. The van der Waals surface area contributed by atoms with Gasteiger partial charge in [0.1, 0.15) is 18.9 Å². The summed E-state index contributed by atoms with van der Waals surface area (Å²) in [7, 11) is 2.88.